The minimum Gasteiger partial charge on any atom is -0.508 e. The van der Waals surface area contributed by atoms with E-state index in [1.807, 2.05) is 6.07 Å². The van der Waals surface area contributed by atoms with E-state index in [1.165, 1.54) is 0 Å². The van der Waals surface area contributed by atoms with Crippen molar-refractivity contribution in [1.82, 2.24) is 5.32 Å². The number of aromatic hydroxyl groups is 1. The minimum atomic E-state index is -0.289. The second-order valence-corrected chi connectivity index (χ2v) is 3.45. The Kier molecular flexibility index (Phi) is 4.82. The fraction of sp³-hybridized carbons (Fsp3) is 0.333. The Bertz CT molecular complexity index is 438. The van der Waals surface area contributed by atoms with E-state index < -0.39 is 0 Å². The third kappa shape index (κ3) is 4.03. The van der Waals surface area contributed by atoms with Gasteiger partial charge in [-0.05, 0) is 19.1 Å². The van der Waals surface area contributed by atoms with Crippen LogP contribution in [0.2, 0.25) is 0 Å². The van der Waals surface area contributed by atoms with Crippen LogP contribution in [-0.4, -0.2) is 24.2 Å². The number of ether oxygens (including phenoxy) is 1. The number of phenolic OH excluding ortho intramolecular Hbond substituents is 1. The number of nitriles is 1. The molecule has 0 heterocycles. The number of carbonyl (C=O) groups is 1. The van der Waals surface area contributed by atoms with Gasteiger partial charge in [0.25, 0.3) is 5.91 Å². The summed E-state index contributed by atoms with van der Waals surface area (Å²) in [6.45, 7) is 1.89. The molecule has 0 radical (unpaired) electrons. The topological polar surface area (TPSA) is 82.3 Å². The maximum atomic E-state index is 11.3. The minimum absolute atomic E-state index is 0.129. The van der Waals surface area contributed by atoms with E-state index in [9.17, 15) is 9.90 Å². The molecule has 0 aliphatic rings. The van der Waals surface area contributed by atoms with E-state index >= 15 is 0 Å². The van der Waals surface area contributed by atoms with E-state index in [0.717, 1.165) is 0 Å². The lowest BCUT2D eigenvalue weighted by atomic mass is 10.2. The van der Waals surface area contributed by atoms with E-state index in [2.05, 4.69) is 5.32 Å². The van der Waals surface area contributed by atoms with Crippen molar-refractivity contribution in [3.8, 4) is 17.6 Å². The van der Waals surface area contributed by atoms with E-state index in [0.29, 0.717) is 17.9 Å². The highest BCUT2D eigenvalue weighted by atomic mass is 16.5. The van der Waals surface area contributed by atoms with Crippen molar-refractivity contribution in [3.63, 3.8) is 0 Å². The molecule has 0 aliphatic carbocycles. The average Bonchev–Trinajstić information content (AvgIpc) is 2.31. The summed E-state index contributed by atoms with van der Waals surface area (Å²) in [6.07, 6.45) is 0.275. The highest BCUT2D eigenvalue weighted by molar-refractivity contribution is 5.77. The first kappa shape index (κ1) is 12.8. The molecule has 1 aromatic carbocycles. The van der Waals surface area contributed by atoms with Crippen molar-refractivity contribution in [2.75, 3.05) is 13.2 Å². The number of amides is 1. The van der Waals surface area contributed by atoms with Crippen LogP contribution in [0.3, 0.4) is 0 Å². The van der Waals surface area contributed by atoms with Crippen LogP contribution in [0.25, 0.3) is 0 Å². The predicted molar refractivity (Wildman–Crippen MR) is 61.6 cm³/mol. The fourth-order valence-electron chi connectivity index (χ4n) is 1.21. The molecule has 0 aromatic heterocycles. The molecular weight excluding hydrogens is 220 g/mol. The summed E-state index contributed by atoms with van der Waals surface area (Å²) >= 11 is 0. The summed E-state index contributed by atoms with van der Waals surface area (Å²) in [7, 11) is 0. The Labute approximate surface area is 99.6 Å². The van der Waals surface area contributed by atoms with Crippen LogP contribution in [0.4, 0.5) is 0 Å². The van der Waals surface area contributed by atoms with Gasteiger partial charge in [0.15, 0.2) is 6.61 Å². The monoisotopic (exact) mass is 234 g/mol. The van der Waals surface area contributed by atoms with Crippen molar-refractivity contribution in [2.24, 2.45) is 0 Å². The van der Waals surface area contributed by atoms with E-state index in [4.69, 9.17) is 10.00 Å². The first-order valence-electron chi connectivity index (χ1n) is 5.20. The molecule has 0 unspecified atom stereocenters. The Morgan fingerprint density at radius 1 is 1.59 bits per heavy atom. The van der Waals surface area contributed by atoms with Crippen molar-refractivity contribution in [3.05, 3.63) is 23.8 Å². The van der Waals surface area contributed by atoms with Gasteiger partial charge < -0.3 is 15.2 Å². The second-order valence-electron chi connectivity index (χ2n) is 3.45. The summed E-state index contributed by atoms with van der Waals surface area (Å²) in [4.78, 5) is 11.3. The van der Waals surface area contributed by atoms with Gasteiger partial charge in [0, 0.05) is 12.1 Å². The van der Waals surface area contributed by atoms with Crippen LogP contribution in [0.5, 0.6) is 11.5 Å². The molecule has 0 saturated heterocycles. The Morgan fingerprint density at radius 2 is 2.35 bits per heavy atom. The lowest BCUT2D eigenvalue weighted by Gasteiger charge is -2.09. The van der Waals surface area contributed by atoms with E-state index in [-0.39, 0.29) is 24.7 Å². The summed E-state index contributed by atoms with van der Waals surface area (Å²) in [5, 5.41) is 20.3. The lowest BCUT2D eigenvalue weighted by Crippen LogP contribution is -2.29. The van der Waals surface area contributed by atoms with Crippen LogP contribution in [0.15, 0.2) is 18.2 Å². The number of rotatable bonds is 5. The van der Waals surface area contributed by atoms with Crippen LogP contribution >= 0.6 is 0 Å². The number of carbonyl (C=O) groups excluding carboxylic acids is 1. The molecule has 0 fully saturated rings. The SMILES string of the molecule is Cc1c(O)cccc1OCC(=O)NCCC#N. The molecule has 90 valence electrons. The third-order valence-corrected chi connectivity index (χ3v) is 2.17. The lowest BCUT2D eigenvalue weighted by molar-refractivity contribution is -0.123. The molecular formula is C12H14N2O3. The van der Waals surface area contributed by atoms with Crippen molar-refractivity contribution in [2.45, 2.75) is 13.3 Å². The van der Waals surface area contributed by atoms with Crippen molar-refractivity contribution >= 4 is 5.91 Å². The number of benzene rings is 1. The Balaban J connectivity index is 2.43. The van der Waals surface area contributed by atoms with Gasteiger partial charge in [0.2, 0.25) is 0 Å². The Hall–Kier alpha value is -2.22. The van der Waals surface area contributed by atoms with Crippen LogP contribution < -0.4 is 10.1 Å². The number of phenols is 1. The van der Waals surface area contributed by atoms with Gasteiger partial charge >= 0.3 is 0 Å². The highest BCUT2D eigenvalue weighted by Gasteiger charge is 2.06. The second kappa shape index (κ2) is 6.38. The zero-order valence-electron chi connectivity index (χ0n) is 9.56. The van der Waals surface area contributed by atoms with Crippen LogP contribution in [0, 0.1) is 18.3 Å². The molecule has 1 rings (SSSR count). The molecule has 5 heteroatoms. The summed E-state index contributed by atoms with van der Waals surface area (Å²) in [5.74, 6) is 0.316. The first-order valence-corrected chi connectivity index (χ1v) is 5.20. The van der Waals surface area contributed by atoms with Gasteiger partial charge in [-0.15, -0.1) is 0 Å². The fourth-order valence-corrected chi connectivity index (χ4v) is 1.21. The molecule has 2 N–H and O–H groups in total. The van der Waals surface area contributed by atoms with Gasteiger partial charge in [-0.25, -0.2) is 0 Å². The number of nitrogens with zero attached hydrogens (tertiary/aromatic N) is 1. The maximum Gasteiger partial charge on any atom is 0.257 e. The quantitative estimate of drug-likeness (QED) is 0.747. The predicted octanol–water partition coefficient (Wildman–Crippen LogP) is 1.11. The largest absolute Gasteiger partial charge is 0.508 e. The first-order chi connectivity index (χ1) is 8.15. The summed E-state index contributed by atoms with van der Waals surface area (Å²) < 4.78 is 5.26. The molecule has 1 aromatic rings. The Morgan fingerprint density at radius 3 is 3.06 bits per heavy atom. The smallest absolute Gasteiger partial charge is 0.257 e. The average molecular weight is 234 g/mol. The number of nitrogens with one attached hydrogen (secondary N) is 1. The van der Waals surface area contributed by atoms with Crippen LogP contribution in [0.1, 0.15) is 12.0 Å². The highest BCUT2D eigenvalue weighted by Crippen LogP contribution is 2.25. The molecule has 17 heavy (non-hydrogen) atoms. The maximum absolute atomic E-state index is 11.3. The van der Waals surface area contributed by atoms with Gasteiger partial charge in [0.05, 0.1) is 12.5 Å². The molecule has 0 spiro atoms. The molecule has 0 atom stereocenters. The van der Waals surface area contributed by atoms with Crippen molar-refractivity contribution < 1.29 is 14.6 Å². The van der Waals surface area contributed by atoms with Crippen molar-refractivity contribution in [1.29, 1.82) is 5.26 Å². The standard InChI is InChI=1S/C12H14N2O3/c1-9-10(15)4-2-5-11(9)17-8-12(16)14-7-3-6-13/h2,4-5,15H,3,7-8H2,1H3,(H,14,16). The van der Waals surface area contributed by atoms with Gasteiger partial charge in [-0.1, -0.05) is 6.07 Å². The molecule has 0 saturated carbocycles. The third-order valence-electron chi connectivity index (χ3n) is 2.17. The van der Waals surface area contributed by atoms with Crippen LogP contribution in [-0.2, 0) is 4.79 Å². The van der Waals surface area contributed by atoms with Gasteiger partial charge in [-0.2, -0.15) is 5.26 Å². The van der Waals surface area contributed by atoms with E-state index in [1.54, 1.807) is 25.1 Å². The zero-order valence-corrected chi connectivity index (χ0v) is 9.56. The molecule has 5 nitrogen and oxygen atoms in total. The normalized spacial score (nSPS) is 9.41. The number of hydrogen-bond acceptors (Lipinski definition) is 4. The zero-order chi connectivity index (χ0) is 12.7. The van der Waals surface area contributed by atoms with Gasteiger partial charge in [-0.3, -0.25) is 4.79 Å². The molecule has 1 amide bonds. The van der Waals surface area contributed by atoms with Gasteiger partial charge in [0.1, 0.15) is 11.5 Å². The summed E-state index contributed by atoms with van der Waals surface area (Å²) in [5.41, 5.74) is 0.595. The molecule has 0 bridgehead atoms. The molecule has 0 aliphatic heterocycles. The summed E-state index contributed by atoms with van der Waals surface area (Å²) in [6, 6.07) is 6.80. The number of hydrogen-bond donors (Lipinski definition) is 2.